The number of carbonyl (C=O) groups is 1. The van der Waals surface area contributed by atoms with Gasteiger partial charge >= 0.3 is 0 Å². The van der Waals surface area contributed by atoms with Gasteiger partial charge in [-0.1, -0.05) is 19.1 Å². The van der Waals surface area contributed by atoms with Gasteiger partial charge in [-0.25, -0.2) is 14.4 Å². The molecule has 1 aliphatic heterocycles. The highest BCUT2D eigenvalue weighted by molar-refractivity contribution is 6.00. The average Bonchev–Trinajstić information content (AvgIpc) is 3.26. The number of piperidine rings is 1. The van der Waals surface area contributed by atoms with Crippen LogP contribution < -0.4 is 5.32 Å². The van der Waals surface area contributed by atoms with Crippen LogP contribution in [-0.2, 0) is 0 Å². The maximum absolute atomic E-state index is 15.3. The van der Waals surface area contributed by atoms with E-state index in [4.69, 9.17) is 4.42 Å². The fourth-order valence-electron chi connectivity index (χ4n) is 4.67. The van der Waals surface area contributed by atoms with Crippen LogP contribution in [0.25, 0.3) is 22.5 Å². The van der Waals surface area contributed by atoms with Gasteiger partial charge in [0.25, 0.3) is 11.9 Å². The van der Waals surface area contributed by atoms with Crippen molar-refractivity contribution in [3.8, 4) is 11.4 Å². The zero-order valence-corrected chi connectivity index (χ0v) is 19.2. The SMILES string of the molecule is Cc1cc(F)c(C(=O)N2CCC[C@@H](C)[C@H]2CNc2nc3ccccc3o2)c(-c2ncccn2)c1. The minimum Gasteiger partial charge on any atom is -0.424 e. The largest absolute Gasteiger partial charge is 0.424 e. The number of para-hydroxylation sites is 2. The normalized spacial score (nSPS) is 18.3. The number of rotatable bonds is 5. The second kappa shape index (κ2) is 9.21. The fourth-order valence-corrected chi connectivity index (χ4v) is 4.67. The van der Waals surface area contributed by atoms with Crippen molar-refractivity contribution in [2.24, 2.45) is 5.92 Å². The van der Waals surface area contributed by atoms with Crippen molar-refractivity contribution in [2.45, 2.75) is 32.7 Å². The summed E-state index contributed by atoms with van der Waals surface area (Å²) in [4.78, 5) is 28.6. The number of anilines is 1. The van der Waals surface area contributed by atoms with Gasteiger partial charge in [-0.15, -0.1) is 0 Å². The molecule has 0 bridgehead atoms. The van der Waals surface area contributed by atoms with E-state index in [1.54, 1.807) is 36.4 Å². The number of amides is 1. The first-order chi connectivity index (χ1) is 16.5. The van der Waals surface area contributed by atoms with E-state index in [1.807, 2.05) is 24.3 Å². The maximum Gasteiger partial charge on any atom is 0.295 e. The molecule has 0 spiro atoms. The van der Waals surface area contributed by atoms with Gasteiger partial charge in [-0.2, -0.15) is 4.98 Å². The summed E-state index contributed by atoms with van der Waals surface area (Å²) in [5, 5.41) is 3.25. The number of hydrogen-bond donors (Lipinski definition) is 1. The first kappa shape index (κ1) is 22.0. The number of hydrogen-bond acceptors (Lipinski definition) is 6. The Morgan fingerprint density at radius 2 is 2.00 bits per heavy atom. The number of fused-ring (bicyclic) bond motifs is 1. The van der Waals surface area contributed by atoms with Crippen LogP contribution in [0, 0.1) is 18.7 Å². The summed E-state index contributed by atoms with van der Waals surface area (Å²) in [5.74, 6) is -0.355. The molecule has 0 radical (unpaired) electrons. The lowest BCUT2D eigenvalue weighted by atomic mass is 9.89. The third-order valence-corrected chi connectivity index (χ3v) is 6.39. The van der Waals surface area contributed by atoms with Crippen LogP contribution in [0.15, 0.2) is 59.3 Å². The molecular weight excluding hydrogens is 433 g/mol. The number of benzene rings is 2. The van der Waals surface area contributed by atoms with Crippen molar-refractivity contribution in [1.82, 2.24) is 19.9 Å². The quantitative estimate of drug-likeness (QED) is 0.448. The second-order valence-corrected chi connectivity index (χ2v) is 8.79. The van der Waals surface area contributed by atoms with E-state index in [-0.39, 0.29) is 23.4 Å². The van der Waals surface area contributed by atoms with Gasteiger partial charge in [0.2, 0.25) is 0 Å². The van der Waals surface area contributed by atoms with Crippen molar-refractivity contribution >= 4 is 23.0 Å². The number of nitrogens with one attached hydrogen (secondary N) is 1. The summed E-state index contributed by atoms with van der Waals surface area (Å²) in [6.45, 7) is 4.90. The molecule has 0 saturated carbocycles. The van der Waals surface area contributed by atoms with Gasteiger partial charge in [0, 0.05) is 31.0 Å². The zero-order chi connectivity index (χ0) is 23.7. The van der Waals surface area contributed by atoms with Gasteiger partial charge in [-0.3, -0.25) is 4.79 Å². The van der Waals surface area contributed by atoms with E-state index in [9.17, 15) is 4.79 Å². The summed E-state index contributed by atoms with van der Waals surface area (Å²) in [7, 11) is 0. The molecule has 2 aromatic heterocycles. The molecule has 8 heteroatoms. The minimum atomic E-state index is -0.559. The van der Waals surface area contributed by atoms with Crippen LogP contribution in [0.1, 0.15) is 35.7 Å². The summed E-state index contributed by atoms with van der Waals surface area (Å²) < 4.78 is 21.0. The summed E-state index contributed by atoms with van der Waals surface area (Å²) in [6, 6.07) is 12.7. The Balaban J connectivity index is 1.45. The smallest absolute Gasteiger partial charge is 0.295 e. The van der Waals surface area contributed by atoms with Gasteiger partial charge in [0.15, 0.2) is 11.4 Å². The van der Waals surface area contributed by atoms with Crippen molar-refractivity contribution in [3.63, 3.8) is 0 Å². The molecule has 4 aromatic rings. The summed E-state index contributed by atoms with van der Waals surface area (Å²) in [5.41, 5.74) is 2.59. The molecule has 5 rings (SSSR count). The number of aryl methyl sites for hydroxylation is 1. The molecule has 3 heterocycles. The highest BCUT2D eigenvalue weighted by Crippen LogP contribution is 2.31. The third kappa shape index (κ3) is 4.23. The van der Waals surface area contributed by atoms with E-state index < -0.39 is 5.82 Å². The number of aromatic nitrogens is 3. The molecule has 0 unspecified atom stereocenters. The van der Waals surface area contributed by atoms with Gasteiger partial charge in [0.1, 0.15) is 11.3 Å². The third-order valence-electron chi connectivity index (χ3n) is 6.39. The molecule has 174 valence electrons. The number of nitrogens with zero attached hydrogens (tertiary/aromatic N) is 4. The molecule has 7 nitrogen and oxygen atoms in total. The van der Waals surface area contributed by atoms with Crippen molar-refractivity contribution in [2.75, 3.05) is 18.4 Å². The molecule has 2 aromatic carbocycles. The molecular formula is C26H26FN5O2. The lowest BCUT2D eigenvalue weighted by Crippen LogP contribution is -2.51. The highest BCUT2D eigenvalue weighted by Gasteiger charge is 2.35. The summed E-state index contributed by atoms with van der Waals surface area (Å²) >= 11 is 0. The van der Waals surface area contributed by atoms with E-state index in [0.29, 0.717) is 41.6 Å². The van der Waals surface area contributed by atoms with Crippen molar-refractivity contribution in [3.05, 3.63) is 71.8 Å². The molecule has 1 aliphatic rings. The van der Waals surface area contributed by atoms with Crippen LogP contribution in [0.2, 0.25) is 0 Å². The lowest BCUT2D eigenvalue weighted by Gasteiger charge is -2.40. The fraction of sp³-hybridized carbons (Fsp3) is 0.308. The molecule has 1 amide bonds. The number of likely N-dealkylation sites (tertiary alicyclic amines) is 1. The Kier molecular flexibility index (Phi) is 5.96. The Hall–Kier alpha value is -3.81. The zero-order valence-electron chi connectivity index (χ0n) is 19.2. The highest BCUT2D eigenvalue weighted by atomic mass is 19.1. The molecule has 2 atom stereocenters. The first-order valence-corrected chi connectivity index (χ1v) is 11.5. The van der Waals surface area contributed by atoms with Gasteiger partial charge in [0.05, 0.1) is 11.6 Å². The number of oxazole rings is 1. The monoisotopic (exact) mass is 459 g/mol. The van der Waals surface area contributed by atoms with Crippen LogP contribution in [-0.4, -0.2) is 44.9 Å². The molecule has 1 fully saturated rings. The van der Waals surface area contributed by atoms with Crippen LogP contribution in [0.3, 0.4) is 0 Å². The lowest BCUT2D eigenvalue weighted by molar-refractivity contribution is 0.0535. The standard InChI is InChI=1S/C26H26FN5O2/c1-16-13-18(24-28-10-6-11-29-24)23(19(27)14-16)25(33)32-12-5-7-17(2)21(32)15-30-26-31-20-8-3-4-9-22(20)34-26/h3-4,6,8-11,13-14,17,21H,5,7,12,15H2,1-2H3,(H,30,31)/t17-,21-/m1/s1. The van der Waals surface area contributed by atoms with Gasteiger partial charge < -0.3 is 14.6 Å². The Morgan fingerprint density at radius 3 is 2.79 bits per heavy atom. The predicted molar refractivity (Wildman–Crippen MR) is 128 cm³/mol. The van der Waals surface area contributed by atoms with Crippen LogP contribution in [0.5, 0.6) is 0 Å². The second-order valence-electron chi connectivity index (χ2n) is 8.79. The topological polar surface area (TPSA) is 84.2 Å². The summed E-state index contributed by atoms with van der Waals surface area (Å²) in [6.07, 6.45) is 5.02. The Labute approximate surface area is 197 Å². The van der Waals surface area contributed by atoms with E-state index in [2.05, 4.69) is 27.2 Å². The molecule has 1 N–H and O–H groups in total. The van der Waals surface area contributed by atoms with Crippen LogP contribution >= 0.6 is 0 Å². The average molecular weight is 460 g/mol. The van der Waals surface area contributed by atoms with E-state index >= 15 is 4.39 Å². The molecule has 0 aliphatic carbocycles. The molecule has 1 saturated heterocycles. The van der Waals surface area contributed by atoms with Crippen LogP contribution in [0.4, 0.5) is 10.4 Å². The van der Waals surface area contributed by atoms with E-state index in [1.165, 1.54) is 6.07 Å². The number of halogens is 1. The maximum atomic E-state index is 15.3. The van der Waals surface area contributed by atoms with Gasteiger partial charge in [-0.05, 0) is 61.6 Å². The first-order valence-electron chi connectivity index (χ1n) is 11.5. The minimum absolute atomic E-state index is 0.0118. The van der Waals surface area contributed by atoms with Crippen molar-refractivity contribution < 1.29 is 13.6 Å². The number of carbonyl (C=O) groups excluding carboxylic acids is 1. The van der Waals surface area contributed by atoms with Crippen molar-refractivity contribution in [1.29, 1.82) is 0 Å². The Bertz CT molecular complexity index is 1290. The Morgan fingerprint density at radius 1 is 1.21 bits per heavy atom. The predicted octanol–water partition coefficient (Wildman–Crippen LogP) is 5.09. The molecule has 34 heavy (non-hydrogen) atoms. The van der Waals surface area contributed by atoms with E-state index in [0.717, 1.165) is 18.4 Å².